The third kappa shape index (κ3) is 2.78. The van der Waals surface area contributed by atoms with Crippen molar-refractivity contribution in [3.63, 3.8) is 0 Å². The summed E-state index contributed by atoms with van der Waals surface area (Å²) in [4.78, 5) is 2.73. The minimum atomic E-state index is 0.380. The summed E-state index contributed by atoms with van der Waals surface area (Å²) in [6, 6.07) is 0. The fraction of sp³-hybridized carbons (Fsp3) is 1.00. The average molecular weight is 224 g/mol. The van der Waals surface area contributed by atoms with E-state index in [-0.39, 0.29) is 0 Å². The van der Waals surface area contributed by atoms with Crippen molar-refractivity contribution in [1.29, 1.82) is 0 Å². The molecule has 0 aromatic heterocycles. The molecule has 0 radical (unpaired) electrons. The lowest BCUT2D eigenvalue weighted by Crippen LogP contribution is -2.52. The van der Waals surface area contributed by atoms with Crippen LogP contribution in [-0.2, 0) is 0 Å². The second-order valence-electron chi connectivity index (χ2n) is 5.85. The SMILES string of the molecule is CCCN(CCC1CC1)C1(CN)CCCC1. The second kappa shape index (κ2) is 5.50. The van der Waals surface area contributed by atoms with Crippen molar-refractivity contribution in [1.82, 2.24) is 4.90 Å². The molecule has 0 heterocycles. The summed E-state index contributed by atoms with van der Waals surface area (Å²) in [5.41, 5.74) is 6.46. The van der Waals surface area contributed by atoms with E-state index in [1.807, 2.05) is 0 Å². The molecule has 2 N–H and O–H groups in total. The van der Waals surface area contributed by atoms with Crippen molar-refractivity contribution in [3.05, 3.63) is 0 Å². The van der Waals surface area contributed by atoms with Gasteiger partial charge in [0.05, 0.1) is 0 Å². The van der Waals surface area contributed by atoms with E-state index in [9.17, 15) is 0 Å². The number of hydrogen-bond acceptors (Lipinski definition) is 2. The van der Waals surface area contributed by atoms with E-state index in [1.165, 1.54) is 64.5 Å². The topological polar surface area (TPSA) is 29.3 Å². The Balaban J connectivity index is 1.91. The Morgan fingerprint density at radius 3 is 2.38 bits per heavy atom. The van der Waals surface area contributed by atoms with Gasteiger partial charge in [-0.2, -0.15) is 0 Å². The minimum Gasteiger partial charge on any atom is -0.329 e. The van der Waals surface area contributed by atoms with Crippen LogP contribution in [-0.4, -0.2) is 30.1 Å². The largest absolute Gasteiger partial charge is 0.329 e. The van der Waals surface area contributed by atoms with Gasteiger partial charge in [0.2, 0.25) is 0 Å². The molecule has 0 amide bonds. The summed E-state index contributed by atoms with van der Waals surface area (Å²) >= 11 is 0. The van der Waals surface area contributed by atoms with Crippen LogP contribution in [0.1, 0.15) is 58.3 Å². The standard InChI is InChI=1S/C14H28N2/c1-2-10-16(11-7-13-5-6-13)14(12-15)8-3-4-9-14/h13H,2-12,15H2,1H3. The van der Waals surface area contributed by atoms with Crippen molar-refractivity contribution < 1.29 is 0 Å². The molecule has 2 rings (SSSR count). The molecule has 2 fully saturated rings. The Morgan fingerprint density at radius 1 is 1.19 bits per heavy atom. The Bertz CT molecular complexity index is 205. The van der Waals surface area contributed by atoms with E-state index in [0.717, 1.165) is 12.5 Å². The molecule has 2 saturated carbocycles. The van der Waals surface area contributed by atoms with Crippen LogP contribution in [0.25, 0.3) is 0 Å². The summed E-state index contributed by atoms with van der Waals surface area (Å²) in [5, 5.41) is 0. The van der Waals surface area contributed by atoms with E-state index >= 15 is 0 Å². The molecule has 2 nitrogen and oxygen atoms in total. The summed E-state index contributed by atoms with van der Waals surface area (Å²) in [6.45, 7) is 5.72. The predicted octanol–water partition coefficient (Wildman–Crippen LogP) is 2.77. The molecule has 0 spiro atoms. The van der Waals surface area contributed by atoms with Gasteiger partial charge in [0, 0.05) is 12.1 Å². The summed E-state index contributed by atoms with van der Waals surface area (Å²) in [5.74, 6) is 1.05. The van der Waals surface area contributed by atoms with Crippen LogP contribution in [0.3, 0.4) is 0 Å². The van der Waals surface area contributed by atoms with Crippen LogP contribution in [0, 0.1) is 5.92 Å². The van der Waals surface area contributed by atoms with Gasteiger partial charge in [0.25, 0.3) is 0 Å². The number of nitrogens with zero attached hydrogens (tertiary/aromatic N) is 1. The molecule has 0 atom stereocenters. The maximum atomic E-state index is 6.08. The van der Waals surface area contributed by atoms with Crippen molar-refractivity contribution >= 4 is 0 Å². The highest BCUT2D eigenvalue weighted by Gasteiger charge is 2.38. The van der Waals surface area contributed by atoms with Gasteiger partial charge in [-0.3, -0.25) is 4.90 Å². The predicted molar refractivity (Wildman–Crippen MR) is 69.5 cm³/mol. The molecule has 2 aliphatic rings. The van der Waals surface area contributed by atoms with Crippen LogP contribution in [0.2, 0.25) is 0 Å². The molecule has 0 unspecified atom stereocenters. The van der Waals surface area contributed by atoms with Gasteiger partial charge in [0.1, 0.15) is 0 Å². The molecule has 2 aliphatic carbocycles. The maximum Gasteiger partial charge on any atom is 0.0331 e. The van der Waals surface area contributed by atoms with Gasteiger partial charge < -0.3 is 5.73 Å². The van der Waals surface area contributed by atoms with Gasteiger partial charge in [0.15, 0.2) is 0 Å². The molecular weight excluding hydrogens is 196 g/mol. The third-order valence-electron chi connectivity index (χ3n) is 4.58. The van der Waals surface area contributed by atoms with Crippen molar-refractivity contribution in [2.75, 3.05) is 19.6 Å². The zero-order chi connectivity index (χ0) is 11.4. The quantitative estimate of drug-likeness (QED) is 0.720. The fourth-order valence-corrected chi connectivity index (χ4v) is 3.28. The lowest BCUT2D eigenvalue weighted by Gasteiger charge is -2.41. The van der Waals surface area contributed by atoms with Crippen molar-refractivity contribution in [2.24, 2.45) is 11.7 Å². The van der Waals surface area contributed by atoms with Crippen molar-refractivity contribution in [3.8, 4) is 0 Å². The Kier molecular flexibility index (Phi) is 4.26. The van der Waals surface area contributed by atoms with Crippen LogP contribution < -0.4 is 5.73 Å². The molecule has 0 aromatic rings. The Labute approximate surface area is 101 Å². The normalized spacial score (nSPS) is 24.2. The molecule has 0 bridgehead atoms. The van der Waals surface area contributed by atoms with Crippen molar-refractivity contribution in [2.45, 2.75) is 63.8 Å². The van der Waals surface area contributed by atoms with E-state index in [4.69, 9.17) is 5.73 Å². The first-order valence-corrected chi connectivity index (χ1v) is 7.26. The second-order valence-corrected chi connectivity index (χ2v) is 5.85. The van der Waals surface area contributed by atoms with E-state index in [0.29, 0.717) is 5.54 Å². The molecule has 0 aromatic carbocycles. The van der Waals surface area contributed by atoms with Crippen LogP contribution >= 0.6 is 0 Å². The fourth-order valence-electron chi connectivity index (χ4n) is 3.28. The van der Waals surface area contributed by atoms with Gasteiger partial charge in [-0.1, -0.05) is 32.6 Å². The van der Waals surface area contributed by atoms with Crippen LogP contribution in [0.15, 0.2) is 0 Å². The van der Waals surface area contributed by atoms with Gasteiger partial charge in [-0.05, 0) is 44.7 Å². The van der Waals surface area contributed by atoms with Crippen LogP contribution in [0.5, 0.6) is 0 Å². The monoisotopic (exact) mass is 224 g/mol. The summed E-state index contributed by atoms with van der Waals surface area (Å²) in [7, 11) is 0. The first-order valence-electron chi connectivity index (χ1n) is 7.26. The molecule has 0 saturated heterocycles. The first-order chi connectivity index (χ1) is 7.80. The highest BCUT2D eigenvalue weighted by molar-refractivity contribution is 4.96. The van der Waals surface area contributed by atoms with Gasteiger partial charge in [-0.25, -0.2) is 0 Å². The van der Waals surface area contributed by atoms with E-state index in [2.05, 4.69) is 11.8 Å². The van der Waals surface area contributed by atoms with Crippen LogP contribution in [0.4, 0.5) is 0 Å². The smallest absolute Gasteiger partial charge is 0.0331 e. The first kappa shape index (κ1) is 12.4. The van der Waals surface area contributed by atoms with E-state index < -0.39 is 0 Å². The number of nitrogens with two attached hydrogens (primary N) is 1. The minimum absolute atomic E-state index is 0.380. The summed E-state index contributed by atoms with van der Waals surface area (Å²) < 4.78 is 0. The average Bonchev–Trinajstić information content (AvgIpc) is 3.00. The molecule has 16 heavy (non-hydrogen) atoms. The lowest BCUT2D eigenvalue weighted by atomic mass is 9.94. The Morgan fingerprint density at radius 2 is 1.88 bits per heavy atom. The molecular formula is C14H28N2. The zero-order valence-electron chi connectivity index (χ0n) is 10.9. The molecule has 94 valence electrons. The maximum absolute atomic E-state index is 6.08. The van der Waals surface area contributed by atoms with E-state index in [1.54, 1.807) is 0 Å². The van der Waals surface area contributed by atoms with Gasteiger partial charge in [-0.15, -0.1) is 0 Å². The highest BCUT2D eigenvalue weighted by atomic mass is 15.2. The number of rotatable bonds is 7. The Hall–Kier alpha value is -0.0800. The van der Waals surface area contributed by atoms with Gasteiger partial charge >= 0.3 is 0 Å². The molecule has 2 heteroatoms. The third-order valence-corrected chi connectivity index (χ3v) is 4.58. The number of hydrogen-bond donors (Lipinski definition) is 1. The summed E-state index contributed by atoms with van der Waals surface area (Å²) in [6.07, 6.45) is 11.1. The molecule has 0 aliphatic heterocycles. The highest BCUT2D eigenvalue weighted by Crippen LogP contribution is 2.37. The lowest BCUT2D eigenvalue weighted by molar-refractivity contribution is 0.0953. The zero-order valence-corrected chi connectivity index (χ0v) is 10.9.